The second-order valence-corrected chi connectivity index (χ2v) is 26.5. The fourth-order valence-electron chi connectivity index (χ4n) is 12.2. The Morgan fingerprint density at radius 1 is 0.595 bits per heavy atom. The van der Waals surface area contributed by atoms with Gasteiger partial charge in [-0.1, -0.05) is 60.7 Å². The average molecular weight is 1570 g/mol. The number of aromatic nitrogens is 2. The van der Waals surface area contributed by atoms with E-state index in [4.69, 9.17) is 37.9 Å². The summed E-state index contributed by atoms with van der Waals surface area (Å²) < 4.78 is 5.75. The van der Waals surface area contributed by atoms with Crippen molar-refractivity contribution in [2.75, 3.05) is 58.2 Å². The Kier molecular flexibility index (Phi) is 35.1. The number of nitrogens with one attached hydrogen (secondary N) is 16. The molecule has 0 bridgehead atoms. The normalized spacial score (nSPS) is 15.1. The fraction of sp³-hybridized carbons (Fsp3) is 0.471. The number of unbranched alkanes of at least 4 members (excludes halogenated alkanes) is 1. The predicted molar refractivity (Wildman–Crippen MR) is 400 cm³/mol. The van der Waals surface area contributed by atoms with Crippen molar-refractivity contribution in [1.82, 2.24) is 84.0 Å². The van der Waals surface area contributed by atoms with Gasteiger partial charge < -0.3 is 121 Å². The number of carbonyl (C=O) groups excluding carboxylic acids is 12. The molecule has 1 aromatic heterocycles. The lowest BCUT2D eigenvalue weighted by Crippen LogP contribution is -2.60. The van der Waals surface area contributed by atoms with Crippen LogP contribution >= 0.6 is 12.6 Å². The molecule has 0 saturated carbocycles. The van der Waals surface area contributed by atoms with Gasteiger partial charge in [-0.15, -0.1) is 0 Å². The SMILES string of the molecule is C[C@H](NC(=O)[C@H](CS)NC(=O)CNC(=O)[C@H](CO)NC(=O)[C@H](CC(=O)O)NC(=O)[C@H](CCCCN)NC(=O)[C@H](Cc1ccc(O)cc1)NC(=O)[C@H](CCCNC(=N)N)NC(=O)OCC1c2ccccc2-c2ccccc21)C(=O)N[C@@H](Cc1c[nH]cn1)C(=O)N1CCC[C@H]1C(=O)N[C@@H](CCCNC(=N)N)C(=O)NCC(=O)O. The highest BCUT2D eigenvalue weighted by Gasteiger charge is 2.41. The summed E-state index contributed by atoms with van der Waals surface area (Å²) in [5.74, 6) is -15.4. The molecule has 41 heteroatoms. The first-order chi connectivity index (χ1) is 53.0. The van der Waals surface area contributed by atoms with Crippen molar-refractivity contribution in [2.24, 2.45) is 17.2 Å². The molecule has 1 aliphatic heterocycles. The van der Waals surface area contributed by atoms with E-state index in [0.29, 0.717) is 24.1 Å². The van der Waals surface area contributed by atoms with E-state index in [2.05, 4.69) is 91.7 Å². The molecule has 602 valence electrons. The molecule has 4 aromatic rings. The first-order valence-corrected chi connectivity index (χ1v) is 36.3. The second-order valence-electron chi connectivity index (χ2n) is 26.1. The Balaban J connectivity index is 1.07. The lowest BCUT2D eigenvalue weighted by atomic mass is 9.98. The van der Waals surface area contributed by atoms with Crippen LogP contribution in [0.3, 0.4) is 0 Å². The van der Waals surface area contributed by atoms with Gasteiger partial charge in [-0.2, -0.15) is 12.6 Å². The summed E-state index contributed by atoms with van der Waals surface area (Å²) in [5, 5.41) is 86.1. The number of carbonyl (C=O) groups is 14. The molecule has 1 fully saturated rings. The highest BCUT2D eigenvalue weighted by molar-refractivity contribution is 7.80. The molecule has 2 heterocycles. The number of imidazole rings is 1. The summed E-state index contributed by atoms with van der Waals surface area (Å²) in [7, 11) is 0. The summed E-state index contributed by atoms with van der Waals surface area (Å²) in [6.45, 7) is -1.32. The minimum Gasteiger partial charge on any atom is -0.508 e. The molecule has 12 amide bonds. The number of nitrogens with two attached hydrogens (primary N) is 3. The van der Waals surface area contributed by atoms with Crippen LogP contribution in [0.2, 0.25) is 0 Å². The van der Waals surface area contributed by atoms with E-state index >= 15 is 0 Å². The number of nitrogens with zero attached hydrogens (tertiary/aromatic N) is 2. The number of aromatic amines is 1. The van der Waals surface area contributed by atoms with Crippen LogP contribution in [0.1, 0.15) is 99.4 Å². The number of aromatic hydroxyl groups is 1. The third kappa shape index (κ3) is 28.1. The van der Waals surface area contributed by atoms with Crippen molar-refractivity contribution in [3.63, 3.8) is 0 Å². The summed E-state index contributed by atoms with van der Waals surface area (Å²) in [4.78, 5) is 198. The minimum atomic E-state index is -2.02. The van der Waals surface area contributed by atoms with Crippen molar-refractivity contribution in [3.8, 4) is 16.9 Å². The average Bonchev–Trinajstić information content (AvgIpc) is 1.62. The number of phenols is 1. The molecule has 1 saturated heterocycles. The van der Waals surface area contributed by atoms with Crippen LogP contribution in [-0.2, 0) is 79.9 Å². The molecule has 3 aromatic carbocycles. The van der Waals surface area contributed by atoms with Crippen LogP contribution in [0.4, 0.5) is 4.79 Å². The van der Waals surface area contributed by atoms with Crippen molar-refractivity contribution in [2.45, 2.75) is 150 Å². The van der Waals surface area contributed by atoms with Crippen LogP contribution in [-0.4, -0.2) is 249 Å². The molecule has 1 aliphatic carbocycles. The Hall–Kier alpha value is -12.1. The maximum Gasteiger partial charge on any atom is 0.407 e. The van der Waals surface area contributed by atoms with Gasteiger partial charge in [0.25, 0.3) is 0 Å². The summed E-state index contributed by atoms with van der Waals surface area (Å²) in [6.07, 6.45) is 1.15. The topological polar surface area (TPSA) is 643 Å². The number of hydrogen-bond acceptors (Lipinski definition) is 22. The van der Waals surface area contributed by atoms with E-state index in [0.717, 1.165) is 22.3 Å². The maximum atomic E-state index is 14.6. The van der Waals surface area contributed by atoms with Crippen LogP contribution in [0.5, 0.6) is 5.75 Å². The predicted octanol–water partition coefficient (Wildman–Crippen LogP) is -4.93. The molecule has 0 radical (unpaired) electrons. The van der Waals surface area contributed by atoms with E-state index in [1.54, 1.807) is 0 Å². The van der Waals surface area contributed by atoms with E-state index in [1.807, 2.05) is 48.5 Å². The number of thiol groups is 1. The molecular weight excluding hydrogens is 1470 g/mol. The smallest absolute Gasteiger partial charge is 0.407 e. The maximum absolute atomic E-state index is 14.6. The van der Waals surface area contributed by atoms with Gasteiger partial charge in [-0.25, -0.2) is 9.78 Å². The summed E-state index contributed by atoms with van der Waals surface area (Å²) in [5.41, 5.74) is 21.1. The van der Waals surface area contributed by atoms with Gasteiger partial charge in [-0.3, -0.25) is 73.1 Å². The number of benzene rings is 3. The van der Waals surface area contributed by atoms with Crippen LogP contribution in [0.15, 0.2) is 85.3 Å². The molecule has 2 aliphatic rings. The molecule has 40 nitrogen and oxygen atoms in total. The van der Waals surface area contributed by atoms with Gasteiger partial charge in [0.2, 0.25) is 65.0 Å². The standard InChI is InChI=1S/C70H97N21O19S/c1-37(58(99)88-51(28-39-30-76-36-81-39)67(108)91-26-10-18-54(91)66(107)85-46(16-8-24-77-68(72)73)59(100)80-32-57(97)98)82-65(106)53(35-111)83-55(94)31-79-60(101)52(33-92)89-64(105)50(29-56(95)96)87-61(102)47(15-6-7-23-71)84-63(104)49(27-38-19-21-40(93)22-20-38)86-62(103)48(17-9-25-78-69(74)75)90-70(109)110-34-45-43-13-4-2-11-41(43)42-12-3-5-14-44(42)45/h2-5,11-14,19-22,30,36-37,45-54,92-93,111H,6-10,15-18,23-29,31-35,71H2,1H3,(H,76,81)(H,79,101)(H,80,100)(H,82,106)(H,83,94)(H,84,104)(H,85,107)(H,86,103)(H,87,102)(H,88,99)(H,89,105)(H,90,109)(H,95,96)(H,97,98)(H4,72,73,77)(H4,74,75,78)/t37-,46-,47-,48-,49-,50-,51-,52-,53-,54-/m0/s1. The molecule has 0 unspecified atom stereocenters. The number of hydrogen-bond donors (Lipinski definition) is 24. The number of ether oxygens (including phenoxy) is 1. The van der Waals surface area contributed by atoms with Crippen molar-refractivity contribution in [3.05, 3.63) is 108 Å². The first-order valence-electron chi connectivity index (χ1n) is 35.7. The van der Waals surface area contributed by atoms with E-state index in [-0.39, 0.29) is 114 Å². The number of alkyl carbamates (subject to hydrolysis) is 1. The van der Waals surface area contributed by atoms with E-state index in [1.165, 1.54) is 48.6 Å². The van der Waals surface area contributed by atoms with E-state index < -0.39 is 175 Å². The quantitative estimate of drug-likeness (QED) is 0.00853. The Bertz CT molecular complexity index is 3900. The Morgan fingerprint density at radius 2 is 1.13 bits per heavy atom. The number of rotatable bonds is 45. The number of carboxylic acids is 2. The monoisotopic (exact) mass is 1570 g/mol. The zero-order valence-electron chi connectivity index (χ0n) is 60.8. The highest BCUT2D eigenvalue weighted by atomic mass is 32.1. The van der Waals surface area contributed by atoms with Gasteiger partial charge in [0, 0.05) is 50.3 Å². The van der Waals surface area contributed by atoms with Crippen molar-refractivity contribution >= 4 is 108 Å². The van der Waals surface area contributed by atoms with E-state index in [9.17, 15) is 82.4 Å². The summed E-state index contributed by atoms with van der Waals surface area (Å²) >= 11 is 4.16. The van der Waals surface area contributed by atoms with Crippen LogP contribution in [0.25, 0.3) is 11.1 Å². The number of H-pyrrole nitrogens is 1. The zero-order chi connectivity index (χ0) is 81.3. The largest absolute Gasteiger partial charge is 0.508 e. The van der Waals surface area contributed by atoms with Gasteiger partial charge in [-0.05, 0) is 111 Å². The molecule has 0 spiro atoms. The number of fused-ring (bicyclic) bond motifs is 3. The molecular formula is C70H97N21O19S. The number of likely N-dealkylation sites (tertiary alicyclic amines) is 1. The van der Waals surface area contributed by atoms with Gasteiger partial charge in [0.1, 0.15) is 79.3 Å². The third-order valence-electron chi connectivity index (χ3n) is 17.8. The first kappa shape index (κ1) is 87.8. The highest BCUT2D eigenvalue weighted by Crippen LogP contribution is 2.44. The van der Waals surface area contributed by atoms with Gasteiger partial charge in [0.15, 0.2) is 11.9 Å². The number of aliphatic carboxylic acids is 2. The number of phenolic OH excluding ortho intramolecular Hbond substituents is 1. The third-order valence-corrected chi connectivity index (χ3v) is 18.2. The second kappa shape index (κ2) is 44.4. The lowest BCUT2D eigenvalue weighted by Gasteiger charge is -2.30. The lowest BCUT2D eigenvalue weighted by molar-refractivity contribution is -0.142. The molecule has 111 heavy (non-hydrogen) atoms. The van der Waals surface area contributed by atoms with Gasteiger partial charge >= 0.3 is 18.0 Å². The molecule has 26 N–H and O–H groups in total. The minimum absolute atomic E-state index is 0.0211. The van der Waals surface area contributed by atoms with Crippen LogP contribution in [0, 0.1) is 10.8 Å². The van der Waals surface area contributed by atoms with Crippen molar-refractivity contribution < 1.29 is 92.3 Å². The molecule has 6 rings (SSSR count). The number of carboxylic acid groups (broad SMARTS) is 2. The van der Waals surface area contributed by atoms with Gasteiger partial charge in [0.05, 0.1) is 31.6 Å². The Morgan fingerprint density at radius 3 is 1.70 bits per heavy atom. The molecule has 10 atom stereocenters. The number of guanidine groups is 2. The fourth-order valence-corrected chi connectivity index (χ4v) is 12.4. The van der Waals surface area contributed by atoms with Crippen LogP contribution < -0.4 is 86.3 Å². The summed E-state index contributed by atoms with van der Waals surface area (Å²) in [6, 6.07) is 5.62. The number of aliphatic hydroxyl groups excluding tert-OH is 1. The Labute approximate surface area is 642 Å². The number of amides is 12. The zero-order valence-corrected chi connectivity index (χ0v) is 61.7. The van der Waals surface area contributed by atoms with Crippen molar-refractivity contribution in [1.29, 1.82) is 10.8 Å². The number of aliphatic hydroxyl groups is 1.